The maximum atomic E-state index is 13.4. The lowest BCUT2D eigenvalue weighted by Crippen LogP contribution is -2.38. The Bertz CT molecular complexity index is 680. The van der Waals surface area contributed by atoms with E-state index in [-0.39, 0.29) is 18.0 Å². The van der Waals surface area contributed by atoms with Gasteiger partial charge in [-0.1, -0.05) is 42.5 Å². The number of thioether (sulfide) groups is 1. The van der Waals surface area contributed by atoms with E-state index >= 15 is 0 Å². The molecule has 2 amide bonds. The number of halogens is 1. The molecule has 0 bridgehead atoms. The predicted molar refractivity (Wildman–Crippen MR) is 94.3 cm³/mol. The first kappa shape index (κ1) is 18.0. The fourth-order valence-electron chi connectivity index (χ4n) is 1.99. The molecule has 0 heterocycles. The van der Waals surface area contributed by atoms with Gasteiger partial charge in [0.05, 0.1) is 12.1 Å². The third-order valence-corrected chi connectivity index (χ3v) is 4.24. The van der Waals surface area contributed by atoms with E-state index in [1.54, 1.807) is 17.8 Å². The fraction of sp³-hybridized carbons (Fsp3) is 0.222. The summed E-state index contributed by atoms with van der Waals surface area (Å²) in [5, 5.41) is 5.13. The second kappa shape index (κ2) is 9.72. The first-order valence-corrected chi connectivity index (χ1v) is 8.73. The van der Waals surface area contributed by atoms with Crippen LogP contribution in [0.3, 0.4) is 0 Å². The average molecular weight is 346 g/mol. The Labute approximate surface area is 144 Å². The minimum Gasteiger partial charge on any atom is -0.354 e. The molecule has 0 saturated heterocycles. The summed E-state index contributed by atoms with van der Waals surface area (Å²) in [6.07, 6.45) is 0. The highest BCUT2D eigenvalue weighted by atomic mass is 32.2. The molecular formula is C18H19FN2O2S. The van der Waals surface area contributed by atoms with Gasteiger partial charge in [-0.25, -0.2) is 4.39 Å². The molecule has 0 aliphatic rings. The Kier molecular flexibility index (Phi) is 7.29. The number of benzene rings is 2. The van der Waals surface area contributed by atoms with Crippen molar-refractivity contribution in [1.82, 2.24) is 10.6 Å². The topological polar surface area (TPSA) is 58.2 Å². The van der Waals surface area contributed by atoms with Crippen molar-refractivity contribution in [3.8, 4) is 0 Å². The summed E-state index contributed by atoms with van der Waals surface area (Å²) in [6, 6.07) is 15.7. The van der Waals surface area contributed by atoms with Gasteiger partial charge in [-0.2, -0.15) is 11.8 Å². The van der Waals surface area contributed by atoms with Crippen LogP contribution in [-0.2, 0) is 10.5 Å². The van der Waals surface area contributed by atoms with Crippen molar-refractivity contribution in [1.29, 1.82) is 0 Å². The normalized spacial score (nSPS) is 10.2. The van der Waals surface area contributed by atoms with E-state index in [2.05, 4.69) is 22.8 Å². The number of amides is 2. The zero-order chi connectivity index (χ0) is 17.2. The van der Waals surface area contributed by atoms with E-state index in [0.717, 1.165) is 11.5 Å². The zero-order valence-corrected chi connectivity index (χ0v) is 13.9. The van der Waals surface area contributed by atoms with Crippen LogP contribution in [0.2, 0.25) is 0 Å². The summed E-state index contributed by atoms with van der Waals surface area (Å²) >= 11 is 1.72. The quantitative estimate of drug-likeness (QED) is 0.723. The molecule has 126 valence electrons. The van der Waals surface area contributed by atoms with Crippen LogP contribution in [0.1, 0.15) is 15.9 Å². The van der Waals surface area contributed by atoms with Crippen LogP contribution in [0, 0.1) is 5.82 Å². The monoisotopic (exact) mass is 346 g/mol. The van der Waals surface area contributed by atoms with Crippen molar-refractivity contribution in [3.05, 3.63) is 71.5 Å². The van der Waals surface area contributed by atoms with Crippen LogP contribution < -0.4 is 10.6 Å². The van der Waals surface area contributed by atoms with Crippen molar-refractivity contribution in [2.45, 2.75) is 5.75 Å². The van der Waals surface area contributed by atoms with Gasteiger partial charge in [-0.05, 0) is 17.7 Å². The van der Waals surface area contributed by atoms with Crippen LogP contribution in [0.25, 0.3) is 0 Å². The van der Waals surface area contributed by atoms with E-state index in [9.17, 15) is 14.0 Å². The third-order valence-electron chi connectivity index (χ3n) is 3.21. The highest BCUT2D eigenvalue weighted by Crippen LogP contribution is 2.10. The van der Waals surface area contributed by atoms with Crippen LogP contribution in [0.15, 0.2) is 54.6 Å². The van der Waals surface area contributed by atoms with Gasteiger partial charge in [0.1, 0.15) is 5.82 Å². The van der Waals surface area contributed by atoms with E-state index in [4.69, 9.17) is 0 Å². The van der Waals surface area contributed by atoms with Gasteiger partial charge in [0, 0.05) is 18.1 Å². The Morgan fingerprint density at radius 3 is 2.42 bits per heavy atom. The van der Waals surface area contributed by atoms with Gasteiger partial charge >= 0.3 is 0 Å². The highest BCUT2D eigenvalue weighted by molar-refractivity contribution is 7.98. The second-order valence-corrected chi connectivity index (χ2v) is 6.16. The molecule has 0 fully saturated rings. The molecule has 0 aliphatic heterocycles. The van der Waals surface area contributed by atoms with E-state index < -0.39 is 11.7 Å². The van der Waals surface area contributed by atoms with Crippen LogP contribution in [0.4, 0.5) is 4.39 Å². The molecule has 2 rings (SSSR count). The molecule has 0 saturated carbocycles. The number of hydrogen-bond acceptors (Lipinski definition) is 3. The molecule has 0 atom stereocenters. The summed E-state index contributed by atoms with van der Waals surface area (Å²) in [5.74, 6) is 0.178. The molecule has 0 aromatic heterocycles. The number of hydrogen-bond donors (Lipinski definition) is 2. The third kappa shape index (κ3) is 6.04. The average Bonchev–Trinajstić information content (AvgIpc) is 2.60. The predicted octanol–water partition coefficient (Wildman–Crippen LogP) is 2.61. The number of carbonyl (C=O) groups excluding carboxylic acids is 2. The summed E-state index contributed by atoms with van der Waals surface area (Å²) < 4.78 is 13.4. The van der Waals surface area contributed by atoms with Gasteiger partial charge in [-0.15, -0.1) is 0 Å². The Balaban J connectivity index is 1.60. The van der Waals surface area contributed by atoms with E-state index in [0.29, 0.717) is 6.54 Å². The number of carbonyl (C=O) groups is 2. The molecule has 0 spiro atoms. The van der Waals surface area contributed by atoms with Crippen LogP contribution >= 0.6 is 11.8 Å². The van der Waals surface area contributed by atoms with Gasteiger partial charge < -0.3 is 10.6 Å². The Morgan fingerprint density at radius 1 is 0.958 bits per heavy atom. The summed E-state index contributed by atoms with van der Waals surface area (Å²) in [7, 11) is 0. The van der Waals surface area contributed by atoms with Gasteiger partial charge in [-0.3, -0.25) is 9.59 Å². The van der Waals surface area contributed by atoms with Crippen LogP contribution in [-0.4, -0.2) is 30.7 Å². The lowest BCUT2D eigenvalue weighted by atomic mass is 10.2. The molecule has 4 nitrogen and oxygen atoms in total. The number of rotatable bonds is 8. The minimum absolute atomic E-state index is 0.0660. The maximum Gasteiger partial charge on any atom is 0.254 e. The zero-order valence-electron chi connectivity index (χ0n) is 13.1. The van der Waals surface area contributed by atoms with Crippen molar-refractivity contribution in [2.24, 2.45) is 0 Å². The smallest absolute Gasteiger partial charge is 0.254 e. The van der Waals surface area contributed by atoms with Crippen molar-refractivity contribution >= 4 is 23.6 Å². The van der Waals surface area contributed by atoms with Gasteiger partial charge in [0.15, 0.2) is 0 Å². The highest BCUT2D eigenvalue weighted by Gasteiger charge is 2.11. The van der Waals surface area contributed by atoms with Crippen molar-refractivity contribution in [2.75, 3.05) is 18.8 Å². The molecule has 6 heteroatoms. The van der Waals surface area contributed by atoms with E-state index in [1.807, 2.05) is 18.2 Å². The van der Waals surface area contributed by atoms with Gasteiger partial charge in [0.25, 0.3) is 5.91 Å². The lowest BCUT2D eigenvalue weighted by molar-refractivity contribution is -0.120. The van der Waals surface area contributed by atoms with Crippen molar-refractivity contribution in [3.63, 3.8) is 0 Å². The second-order valence-electron chi connectivity index (χ2n) is 5.05. The molecule has 2 aromatic rings. The summed E-state index contributed by atoms with van der Waals surface area (Å²) in [5.41, 5.74) is 1.18. The molecular weight excluding hydrogens is 327 g/mol. The molecule has 0 aliphatic carbocycles. The largest absolute Gasteiger partial charge is 0.354 e. The van der Waals surface area contributed by atoms with E-state index in [1.165, 1.54) is 23.8 Å². The number of nitrogens with one attached hydrogen (secondary N) is 2. The first-order valence-electron chi connectivity index (χ1n) is 7.58. The summed E-state index contributed by atoms with van der Waals surface area (Å²) in [6.45, 7) is 0.350. The fourth-order valence-corrected chi connectivity index (χ4v) is 2.81. The maximum absolute atomic E-state index is 13.4. The molecule has 0 unspecified atom stereocenters. The SMILES string of the molecule is O=C(CNC(=O)c1ccccc1F)NCCSCc1ccccc1. The van der Waals surface area contributed by atoms with Crippen LogP contribution in [0.5, 0.6) is 0 Å². The van der Waals surface area contributed by atoms with Crippen molar-refractivity contribution < 1.29 is 14.0 Å². The Morgan fingerprint density at radius 2 is 1.67 bits per heavy atom. The minimum atomic E-state index is -0.604. The standard InChI is InChI=1S/C18H19FN2O2S/c19-16-9-5-4-8-15(16)18(23)21-12-17(22)20-10-11-24-13-14-6-2-1-3-7-14/h1-9H,10-13H2,(H,20,22)(H,21,23). The Hall–Kier alpha value is -2.34. The lowest BCUT2D eigenvalue weighted by Gasteiger charge is -2.07. The first-order chi connectivity index (χ1) is 11.7. The molecule has 24 heavy (non-hydrogen) atoms. The molecule has 0 radical (unpaired) electrons. The molecule has 2 N–H and O–H groups in total. The summed E-state index contributed by atoms with van der Waals surface area (Å²) in [4.78, 5) is 23.4. The molecule has 2 aromatic carbocycles. The van der Waals surface area contributed by atoms with Gasteiger partial charge in [0.2, 0.25) is 5.91 Å².